The summed E-state index contributed by atoms with van der Waals surface area (Å²) in [7, 11) is 0. The number of carbonyl (C=O) groups is 1. The molecule has 2 heterocycles. The number of aryl methyl sites for hydroxylation is 2. The highest BCUT2D eigenvalue weighted by Gasteiger charge is 2.33. The van der Waals surface area contributed by atoms with Gasteiger partial charge in [0.25, 0.3) is 5.91 Å². The first kappa shape index (κ1) is 15.3. The molecular weight excluding hydrogens is 316 g/mol. The Labute approximate surface area is 146 Å². The summed E-state index contributed by atoms with van der Waals surface area (Å²) in [5.41, 5.74) is 4.08. The third-order valence-electron chi connectivity index (χ3n) is 4.72. The largest absolute Gasteiger partial charge is 0.329 e. The summed E-state index contributed by atoms with van der Waals surface area (Å²) < 4.78 is 1.19. The molecule has 0 N–H and O–H groups in total. The van der Waals surface area contributed by atoms with E-state index in [0.29, 0.717) is 0 Å². The third-order valence-corrected chi connectivity index (χ3v) is 5.86. The van der Waals surface area contributed by atoms with Crippen molar-refractivity contribution < 1.29 is 4.79 Å². The van der Waals surface area contributed by atoms with Gasteiger partial charge >= 0.3 is 0 Å². The number of carbonyl (C=O) groups excluding carboxylic acids is 1. The van der Waals surface area contributed by atoms with Gasteiger partial charge in [-0.05, 0) is 50.5 Å². The maximum absolute atomic E-state index is 13.1. The van der Waals surface area contributed by atoms with Crippen molar-refractivity contribution in [3.05, 3.63) is 64.2 Å². The summed E-state index contributed by atoms with van der Waals surface area (Å²) in [6.07, 6.45) is 2.04. The van der Waals surface area contributed by atoms with Crippen LogP contribution in [0.2, 0.25) is 0 Å². The first-order chi connectivity index (χ1) is 11.6. The molecule has 0 spiro atoms. The molecule has 1 amide bonds. The Morgan fingerprint density at radius 2 is 2.04 bits per heavy atom. The molecule has 0 aliphatic carbocycles. The minimum atomic E-state index is 0.107. The highest BCUT2D eigenvalue weighted by molar-refractivity contribution is 7.18. The van der Waals surface area contributed by atoms with Crippen molar-refractivity contribution >= 4 is 27.5 Å². The van der Waals surface area contributed by atoms with Crippen LogP contribution in [0.25, 0.3) is 10.2 Å². The predicted octanol–water partition coefficient (Wildman–Crippen LogP) is 4.89. The van der Waals surface area contributed by atoms with Gasteiger partial charge in [0, 0.05) is 12.1 Å². The van der Waals surface area contributed by atoms with Crippen LogP contribution in [-0.4, -0.2) is 22.3 Å². The van der Waals surface area contributed by atoms with Gasteiger partial charge in [0.2, 0.25) is 0 Å². The molecule has 122 valence electrons. The maximum atomic E-state index is 13.1. The van der Waals surface area contributed by atoms with Crippen molar-refractivity contribution in [2.45, 2.75) is 32.7 Å². The van der Waals surface area contributed by atoms with Crippen LogP contribution in [0.4, 0.5) is 0 Å². The Morgan fingerprint density at radius 1 is 1.21 bits per heavy atom. The van der Waals surface area contributed by atoms with Gasteiger partial charge in [0.05, 0.1) is 16.3 Å². The highest BCUT2D eigenvalue weighted by atomic mass is 32.1. The Balaban J connectivity index is 1.68. The molecule has 2 aromatic carbocycles. The molecule has 3 nitrogen and oxygen atoms in total. The average molecular weight is 336 g/mol. The van der Waals surface area contributed by atoms with Crippen molar-refractivity contribution in [1.29, 1.82) is 0 Å². The van der Waals surface area contributed by atoms with Gasteiger partial charge in [-0.15, -0.1) is 11.3 Å². The van der Waals surface area contributed by atoms with E-state index in [9.17, 15) is 4.79 Å². The van der Waals surface area contributed by atoms with E-state index in [1.165, 1.54) is 10.3 Å². The van der Waals surface area contributed by atoms with Crippen LogP contribution in [-0.2, 0) is 0 Å². The van der Waals surface area contributed by atoms with Gasteiger partial charge in [0.1, 0.15) is 5.01 Å². The van der Waals surface area contributed by atoms with E-state index in [0.717, 1.165) is 41.0 Å². The predicted molar refractivity (Wildman–Crippen MR) is 98.5 cm³/mol. The fraction of sp³-hybridized carbons (Fsp3) is 0.300. The van der Waals surface area contributed by atoms with E-state index in [2.05, 4.69) is 19.1 Å². The molecular formula is C20H20N2OS. The number of fused-ring (bicyclic) bond motifs is 1. The van der Waals surface area contributed by atoms with Crippen molar-refractivity contribution in [2.75, 3.05) is 6.54 Å². The number of benzene rings is 2. The number of likely N-dealkylation sites (tertiary alicyclic amines) is 1. The lowest BCUT2D eigenvalue weighted by atomic mass is 10.0. The molecule has 1 aromatic heterocycles. The summed E-state index contributed by atoms with van der Waals surface area (Å²) in [6.45, 7) is 4.89. The zero-order chi connectivity index (χ0) is 16.7. The lowest BCUT2D eigenvalue weighted by molar-refractivity contribution is 0.0735. The summed E-state index contributed by atoms with van der Waals surface area (Å²) in [4.78, 5) is 19.9. The van der Waals surface area contributed by atoms with E-state index in [-0.39, 0.29) is 11.9 Å². The summed E-state index contributed by atoms with van der Waals surface area (Å²) in [5.74, 6) is 0.134. The summed E-state index contributed by atoms with van der Waals surface area (Å²) in [6, 6.07) is 14.4. The number of hydrogen-bond acceptors (Lipinski definition) is 3. The Kier molecular flexibility index (Phi) is 3.85. The molecule has 1 aliphatic rings. The first-order valence-corrected chi connectivity index (χ1v) is 9.19. The zero-order valence-corrected chi connectivity index (χ0v) is 14.8. The van der Waals surface area contributed by atoms with E-state index in [4.69, 9.17) is 4.98 Å². The second-order valence-electron chi connectivity index (χ2n) is 6.49. The quantitative estimate of drug-likeness (QED) is 0.667. The minimum Gasteiger partial charge on any atom is -0.329 e. The van der Waals surface area contributed by atoms with Gasteiger partial charge in [-0.3, -0.25) is 4.79 Å². The lowest BCUT2D eigenvalue weighted by Gasteiger charge is -2.24. The molecule has 4 rings (SSSR count). The molecule has 24 heavy (non-hydrogen) atoms. The van der Waals surface area contributed by atoms with Crippen molar-refractivity contribution in [3.8, 4) is 0 Å². The van der Waals surface area contributed by atoms with Gasteiger partial charge in [-0.2, -0.15) is 0 Å². The fourth-order valence-electron chi connectivity index (χ4n) is 3.51. The van der Waals surface area contributed by atoms with Crippen molar-refractivity contribution in [1.82, 2.24) is 9.88 Å². The topological polar surface area (TPSA) is 33.2 Å². The van der Waals surface area contributed by atoms with E-state index in [1.807, 2.05) is 42.2 Å². The molecule has 1 fully saturated rings. The molecule has 1 saturated heterocycles. The van der Waals surface area contributed by atoms with Gasteiger partial charge in [-0.1, -0.05) is 29.8 Å². The normalized spacial score (nSPS) is 17.6. The Morgan fingerprint density at radius 3 is 2.83 bits per heavy atom. The maximum Gasteiger partial charge on any atom is 0.254 e. The number of thiazole rings is 1. The fourth-order valence-corrected chi connectivity index (χ4v) is 4.62. The second-order valence-corrected chi connectivity index (χ2v) is 7.56. The smallest absolute Gasteiger partial charge is 0.254 e. The van der Waals surface area contributed by atoms with Crippen LogP contribution in [0, 0.1) is 13.8 Å². The van der Waals surface area contributed by atoms with Gasteiger partial charge < -0.3 is 4.90 Å². The monoisotopic (exact) mass is 336 g/mol. The highest BCUT2D eigenvalue weighted by Crippen LogP contribution is 2.37. The molecule has 0 radical (unpaired) electrons. The van der Waals surface area contributed by atoms with E-state index >= 15 is 0 Å². The van der Waals surface area contributed by atoms with Crippen molar-refractivity contribution in [3.63, 3.8) is 0 Å². The Hall–Kier alpha value is -2.20. The SMILES string of the molecule is Cc1ccc(C(=O)N2CCCC2c2nc3ccccc3s2)c(C)c1. The molecule has 1 aliphatic heterocycles. The standard InChI is InChI=1S/C20H20N2OS/c1-13-9-10-15(14(2)12-13)20(23)22-11-5-7-17(22)19-21-16-6-3-4-8-18(16)24-19/h3-4,6,8-10,12,17H,5,7,11H2,1-2H3. The number of aromatic nitrogens is 1. The van der Waals surface area contributed by atoms with Crippen molar-refractivity contribution in [2.24, 2.45) is 0 Å². The zero-order valence-electron chi connectivity index (χ0n) is 14.0. The molecule has 0 bridgehead atoms. The average Bonchev–Trinajstić information content (AvgIpc) is 3.20. The molecule has 0 saturated carbocycles. The third kappa shape index (κ3) is 2.61. The van der Waals surface area contributed by atoms with E-state index < -0.39 is 0 Å². The van der Waals surface area contributed by atoms with Gasteiger partial charge in [-0.25, -0.2) is 4.98 Å². The van der Waals surface area contributed by atoms with Crippen LogP contribution in [0.3, 0.4) is 0 Å². The molecule has 4 heteroatoms. The number of para-hydroxylation sites is 1. The Bertz CT molecular complexity index is 882. The molecule has 3 aromatic rings. The molecule has 1 atom stereocenters. The van der Waals surface area contributed by atoms with Crippen LogP contribution in [0.15, 0.2) is 42.5 Å². The van der Waals surface area contributed by atoms with E-state index in [1.54, 1.807) is 11.3 Å². The number of rotatable bonds is 2. The van der Waals surface area contributed by atoms with Crippen LogP contribution < -0.4 is 0 Å². The lowest BCUT2D eigenvalue weighted by Crippen LogP contribution is -2.31. The van der Waals surface area contributed by atoms with Crippen LogP contribution in [0.1, 0.15) is 45.4 Å². The van der Waals surface area contributed by atoms with Gasteiger partial charge in [0.15, 0.2) is 0 Å². The molecule has 1 unspecified atom stereocenters. The summed E-state index contributed by atoms with van der Waals surface area (Å²) in [5, 5.41) is 1.06. The minimum absolute atomic E-state index is 0.107. The number of nitrogens with zero attached hydrogens (tertiary/aromatic N) is 2. The summed E-state index contributed by atoms with van der Waals surface area (Å²) >= 11 is 1.71. The first-order valence-electron chi connectivity index (χ1n) is 8.37. The number of hydrogen-bond donors (Lipinski definition) is 0. The number of amides is 1. The van der Waals surface area contributed by atoms with Crippen LogP contribution >= 0.6 is 11.3 Å². The second kappa shape index (κ2) is 6.02. The van der Waals surface area contributed by atoms with Crippen LogP contribution in [0.5, 0.6) is 0 Å².